The van der Waals surface area contributed by atoms with Gasteiger partial charge in [0.2, 0.25) is 0 Å². The summed E-state index contributed by atoms with van der Waals surface area (Å²) in [6.07, 6.45) is 17.3. The van der Waals surface area contributed by atoms with Gasteiger partial charge in [-0.2, -0.15) is 11.6 Å². The maximum absolute atomic E-state index is 3.92. The molecule has 1 saturated carbocycles. The molecule has 3 aliphatic rings. The molecular formula is C34H43Cl2Zr-. The number of benzene rings is 2. The van der Waals surface area contributed by atoms with Crippen molar-refractivity contribution in [3.8, 4) is 11.1 Å². The summed E-state index contributed by atoms with van der Waals surface area (Å²) >= 11 is 1.69. The van der Waals surface area contributed by atoms with Crippen molar-refractivity contribution in [2.45, 2.75) is 111 Å². The second-order valence-corrected chi connectivity index (χ2v) is 14.6. The van der Waals surface area contributed by atoms with Crippen LogP contribution < -0.4 is 24.8 Å². The molecule has 2 aromatic carbocycles. The molecule has 1 fully saturated rings. The molecule has 0 nitrogen and oxygen atoms in total. The SMILES string of the molecule is Cc1cc(C(C)(C)C)cc2c1-c1c([c-]c(C(C)(C)C)c(C3C=CC=C3)c1C)C2.[Cl-].[Cl-].[Zr+2]=[C]1CCCCC1. The molecule has 5 rings (SSSR count). The van der Waals surface area contributed by atoms with Crippen molar-refractivity contribution in [2.75, 3.05) is 0 Å². The minimum absolute atomic E-state index is 0. The van der Waals surface area contributed by atoms with Gasteiger partial charge in [0.15, 0.2) is 0 Å². The first-order valence-electron chi connectivity index (χ1n) is 13.5. The monoisotopic (exact) mass is 611 g/mol. The predicted molar refractivity (Wildman–Crippen MR) is 150 cm³/mol. The fourth-order valence-corrected chi connectivity index (χ4v) is 6.76. The Kier molecular flexibility index (Phi) is 11.1. The van der Waals surface area contributed by atoms with Gasteiger partial charge in [-0.25, -0.2) is 0 Å². The first-order valence-corrected chi connectivity index (χ1v) is 14.8. The van der Waals surface area contributed by atoms with Gasteiger partial charge in [0.1, 0.15) is 0 Å². The molecule has 0 bridgehead atoms. The van der Waals surface area contributed by atoms with Crippen molar-refractivity contribution in [1.29, 1.82) is 0 Å². The van der Waals surface area contributed by atoms with E-state index >= 15 is 0 Å². The summed E-state index contributed by atoms with van der Waals surface area (Å²) in [7, 11) is 0. The first-order chi connectivity index (χ1) is 16.4. The molecule has 37 heavy (non-hydrogen) atoms. The number of halogens is 2. The molecule has 2 aromatic rings. The predicted octanol–water partition coefficient (Wildman–Crippen LogP) is 3.16. The molecule has 3 aliphatic carbocycles. The number of aryl methyl sites for hydroxylation is 1. The second kappa shape index (κ2) is 12.6. The van der Waals surface area contributed by atoms with Crippen LogP contribution in [-0.4, -0.2) is 3.21 Å². The molecule has 0 unspecified atom stereocenters. The molecule has 0 spiro atoms. The summed E-state index contributed by atoms with van der Waals surface area (Å²) in [4.78, 5) is 0. The van der Waals surface area contributed by atoms with E-state index in [0.29, 0.717) is 5.92 Å². The molecule has 3 heteroatoms. The van der Waals surface area contributed by atoms with Gasteiger partial charge < -0.3 is 24.8 Å². The third-order valence-electron chi connectivity index (χ3n) is 7.81. The van der Waals surface area contributed by atoms with E-state index < -0.39 is 0 Å². The Morgan fingerprint density at radius 1 is 0.811 bits per heavy atom. The van der Waals surface area contributed by atoms with Crippen LogP contribution in [0.1, 0.15) is 119 Å². The standard InChI is InChI=1S/C28H33.C6H10.2ClH.Zr/c1-17-13-22(27(3,4)5)15-20-14-21-16-23(28(6,7)8)25(19-11-9-10-12-19)18(2)26(21)24(17)20;1-2-4-6-5-3-1;;;/h9-13,15,19H,14H2,1-8H3;1-5H2;2*1H;/q-1;;;;+2/p-2. The van der Waals surface area contributed by atoms with Gasteiger partial charge in [-0.1, -0.05) is 96.0 Å². The molecule has 0 radical (unpaired) electrons. The van der Waals surface area contributed by atoms with Crippen LogP contribution >= 0.6 is 0 Å². The van der Waals surface area contributed by atoms with Gasteiger partial charge in [-0.3, -0.25) is 0 Å². The van der Waals surface area contributed by atoms with Gasteiger partial charge in [0.25, 0.3) is 0 Å². The summed E-state index contributed by atoms with van der Waals surface area (Å²) in [5.74, 6) is 0.369. The van der Waals surface area contributed by atoms with Crippen LogP contribution in [0.4, 0.5) is 0 Å². The first kappa shape index (κ1) is 32.5. The Morgan fingerprint density at radius 3 is 1.89 bits per heavy atom. The third kappa shape index (κ3) is 7.07. The molecule has 198 valence electrons. The van der Waals surface area contributed by atoms with E-state index in [2.05, 4.69) is 97.9 Å². The number of fused-ring (bicyclic) bond motifs is 3. The van der Waals surface area contributed by atoms with Crippen LogP contribution in [0.5, 0.6) is 0 Å². The summed E-state index contributed by atoms with van der Waals surface area (Å²) in [5.41, 5.74) is 13.2. The van der Waals surface area contributed by atoms with Crippen LogP contribution in [0.15, 0.2) is 36.4 Å². The zero-order chi connectivity index (χ0) is 25.5. The quantitative estimate of drug-likeness (QED) is 0.370. The van der Waals surface area contributed by atoms with Crippen molar-refractivity contribution < 1.29 is 49.0 Å². The van der Waals surface area contributed by atoms with Gasteiger partial charge in [0.05, 0.1) is 0 Å². The van der Waals surface area contributed by atoms with E-state index in [1.165, 1.54) is 82.2 Å². The Balaban J connectivity index is 0.000000466. The normalized spacial score (nSPS) is 16.4. The number of hydrogen-bond acceptors (Lipinski definition) is 0. The van der Waals surface area contributed by atoms with Crippen molar-refractivity contribution in [3.63, 3.8) is 0 Å². The Labute approximate surface area is 253 Å². The average Bonchev–Trinajstić information content (AvgIpc) is 3.41. The summed E-state index contributed by atoms with van der Waals surface area (Å²) in [6, 6.07) is 8.76. The van der Waals surface area contributed by atoms with Gasteiger partial charge >= 0.3 is 59.5 Å². The Hall–Kier alpha value is -0.747. The molecule has 0 aliphatic heterocycles. The second-order valence-electron chi connectivity index (χ2n) is 12.9. The van der Waals surface area contributed by atoms with Crippen molar-refractivity contribution in [3.05, 3.63) is 81.4 Å². The van der Waals surface area contributed by atoms with E-state index in [0.717, 1.165) is 6.42 Å². The van der Waals surface area contributed by atoms with Gasteiger partial charge in [-0.05, 0) is 41.2 Å². The van der Waals surface area contributed by atoms with Crippen molar-refractivity contribution in [2.24, 2.45) is 0 Å². The van der Waals surface area contributed by atoms with Crippen LogP contribution in [0.3, 0.4) is 0 Å². The van der Waals surface area contributed by atoms with Crippen molar-refractivity contribution in [1.82, 2.24) is 0 Å². The zero-order valence-corrected chi connectivity index (χ0v) is 28.0. The molecular weight excluding hydrogens is 571 g/mol. The Morgan fingerprint density at radius 2 is 1.41 bits per heavy atom. The van der Waals surface area contributed by atoms with E-state index in [1.54, 1.807) is 27.4 Å². The average molecular weight is 614 g/mol. The fourth-order valence-electron chi connectivity index (χ4n) is 5.89. The summed E-state index contributed by atoms with van der Waals surface area (Å²) in [5, 5.41) is 0. The topological polar surface area (TPSA) is 0 Å². The van der Waals surface area contributed by atoms with E-state index in [-0.39, 0.29) is 35.6 Å². The number of rotatable bonds is 1. The van der Waals surface area contributed by atoms with Crippen LogP contribution in [0.25, 0.3) is 11.1 Å². The number of allylic oxidation sites excluding steroid dienone is 4. The summed E-state index contributed by atoms with van der Waals surface area (Å²) in [6.45, 7) is 18.5. The molecule has 0 heterocycles. The molecule has 0 amide bonds. The van der Waals surface area contributed by atoms with Crippen LogP contribution in [0.2, 0.25) is 0 Å². The van der Waals surface area contributed by atoms with Crippen LogP contribution in [0, 0.1) is 19.9 Å². The van der Waals surface area contributed by atoms with Crippen molar-refractivity contribution >= 4 is 3.21 Å². The van der Waals surface area contributed by atoms with E-state index in [9.17, 15) is 0 Å². The minimum atomic E-state index is 0. The fraction of sp³-hybridized carbons (Fsp3) is 0.500. The zero-order valence-electron chi connectivity index (χ0n) is 24.0. The molecule has 0 aromatic heterocycles. The number of hydrogen-bond donors (Lipinski definition) is 0. The van der Waals surface area contributed by atoms with E-state index in [4.69, 9.17) is 0 Å². The molecule has 0 N–H and O–H groups in total. The third-order valence-corrected chi connectivity index (χ3v) is 9.04. The van der Waals surface area contributed by atoms with E-state index in [1.807, 2.05) is 0 Å². The van der Waals surface area contributed by atoms with Gasteiger partial charge in [0, 0.05) is 0 Å². The van der Waals surface area contributed by atoms with Gasteiger partial charge in [-0.15, -0.1) is 22.3 Å². The van der Waals surface area contributed by atoms with Crippen LogP contribution in [-0.2, 0) is 41.5 Å². The Bertz CT molecular complexity index is 1180. The maximum atomic E-state index is 3.92. The molecule has 0 atom stereocenters. The molecule has 0 saturated heterocycles. The summed E-state index contributed by atoms with van der Waals surface area (Å²) < 4.78 is 1.80.